The monoisotopic (exact) mass is 646 g/mol. The molecule has 0 fully saturated rings. The number of esters is 2. The molecule has 47 heavy (non-hydrogen) atoms. The molecule has 0 heterocycles. The van der Waals surface area contributed by atoms with Crippen LogP contribution in [0.25, 0.3) is 12.2 Å². The molecule has 0 bridgehead atoms. The zero-order valence-electron chi connectivity index (χ0n) is 28.1. The molecule has 4 rings (SSSR count). The average Bonchev–Trinajstić information content (AvgIpc) is 2.99. The third-order valence-corrected chi connectivity index (χ3v) is 9.58. The summed E-state index contributed by atoms with van der Waals surface area (Å²) in [5.74, 6) is 0.0593. The van der Waals surface area contributed by atoms with Crippen LogP contribution >= 0.6 is 0 Å². The highest BCUT2D eigenvalue weighted by Gasteiger charge is 2.43. The van der Waals surface area contributed by atoms with Crippen LogP contribution < -0.4 is 4.74 Å². The van der Waals surface area contributed by atoms with Gasteiger partial charge in [-0.3, -0.25) is 9.59 Å². The second kappa shape index (κ2) is 15.8. The van der Waals surface area contributed by atoms with Crippen LogP contribution in [0.3, 0.4) is 0 Å². The first-order chi connectivity index (χ1) is 22.2. The average molecular weight is 647 g/mol. The van der Waals surface area contributed by atoms with Crippen LogP contribution in [0.5, 0.6) is 17.2 Å². The number of phenols is 2. The number of hydrogen-bond donors (Lipinski definition) is 4. The molecular formula is C39H50O8. The molecule has 0 aliphatic heterocycles. The molecule has 4 N–H and O–H groups in total. The summed E-state index contributed by atoms with van der Waals surface area (Å²) in [6.45, 7) is 10.1. The van der Waals surface area contributed by atoms with E-state index < -0.39 is 23.6 Å². The lowest BCUT2D eigenvalue weighted by Gasteiger charge is -2.44. The summed E-state index contributed by atoms with van der Waals surface area (Å²) < 4.78 is 11.6. The Kier molecular flexibility index (Phi) is 12.1. The Morgan fingerprint density at radius 1 is 0.979 bits per heavy atom. The molecule has 2 aromatic rings. The normalized spacial score (nSPS) is 23.9. The Labute approximate surface area is 278 Å². The zero-order chi connectivity index (χ0) is 34.3. The minimum Gasteiger partial charge on any atom is -0.508 e. The van der Waals surface area contributed by atoms with Gasteiger partial charge in [-0.2, -0.15) is 0 Å². The SMILES string of the molecule is CCC(C)(C)C(=O)O[C@H]1C[C@@H](C)C=C2C=C[C@H](C)[C@H](CC[C@@H](O)C[C@@H](O)CC(=O)Oc3cc(O)cc(C=Cc4ccc(O)cc4)c3)[C@H]21. The summed E-state index contributed by atoms with van der Waals surface area (Å²) in [6, 6.07) is 11.1. The molecule has 8 nitrogen and oxygen atoms in total. The van der Waals surface area contributed by atoms with Crippen molar-refractivity contribution in [2.75, 3.05) is 0 Å². The van der Waals surface area contributed by atoms with Crippen molar-refractivity contribution >= 4 is 24.1 Å². The Bertz CT molecular complexity index is 1470. The fourth-order valence-electron chi connectivity index (χ4n) is 6.47. The summed E-state index contributed by atoms with van der Waals surface area (Å²) >= 11 is 0. The highest BCUT2D eigenvalue weighted by atomic mass is 16.5. The third-order valence-electron chi connectivity index (χ3n) is 9.58. The molecule has 0 radical (unpaired) electrons. The smallest absolute Gasteiger partial charge is 0.313 e. The van der Waals surface area contributed by atoms with Crippen LogP contribution in [-0.2, 0) is 14.3 Å². The van der Waals surface area contributed by atoms with Gasteiger partial charge in [0.15, 0.2) is 0 Å². The number of fused-ring (bicyclic) bond motifs is 1. The molecule has 2 aliphatic rings. The molecule has 8 heteroatoms. The van der Waals surface area contributed by atoms with E-state index >= 15 is 0 Å². The number of benzene rings is 2. The van der Waals surface area contributed by atoms with Crippen molar-refractivity contribution in [1.29, 1.82) is 0 Å². The summed E-state index contributed by atoms with van der Waals surface area (Å²) in [5, 5.41) is 41.1. The highest BCUT2D eigenvalue weighted by molar-refractivity contribution is 5.76. The summed E-state index contributed by atoms with van der Waals surface area (Å²) in [4.78, 5) is 25.7. The first kappa shape index (κ1) is 36.0. The van der Waals surface area contributed by atoms with Crippen LogP contribution in [0.1, 0.15) is 84.3 Å². The highest BCUT2D eigenvalue weighted by Crippen LogP contribution is 2.45. The van der Waals surface area contributed by atoms with Crippen LogP contribution in [0.4, 0.5) is 0 Å². The topological polar surface area (TPSA) is 134 Å². The third kappa shape index (κ3) is 10.1. The van der Waals surface area contributed by atoms with Crippen molar-refractivity contribution in [3.63, 3.8) is 0 Å². The number of allylic oxidation sites excluding steroid dienone is 3. The predicted octanol–water partition coefficient (Wildman–Crippen LogP) is 7.21. The van der Waals surface area contributed by atoms with Crippen LogP contribution in [0.15, 0.2) is 66.3 Å². The van der Waals surface area contributed by atoms with Crippen molar-refractivity contribution in [3.05, 3.63) is 77.4 Å². The number of phenolic OH excluding ortho intramolecular Hbond substituents is 2. The quantitative estimate of drug-likeness (QED) is 0.102. The maximum Gasteiger partial charge on any atom is 0.313 e. The van der Waals surface area contributed by atoms with Gasteiger partial charge in [-0.25, -0.2) is 0 Å². The van der Waals surface area contributed by atoms with E-state index in [0.29, 0.717) is 24.8 Å². The maximum atomic E-state index is 13.1. The molecule has 0 saturated carbocycles. The van der Waals surface area contributed by atoms with Gasteiger partial charge in [0.05, 0.1) is 24.0 Å². The molecule has 2 aromatic carbocycles. The van der Waals surface area contributed by atoms with E-state index in [9.17, 15) is 30.0 Å². The summed E-state index contributed by atoms with van der Waals surface area (Å²) in [7, 11) is 0. The Hall–Kier alpha value is -3.88. The van der Waals surface area contributed by atoms with Gasteiger partial charge >= 0.3 is 11.9 Å². The van der Waals surface area contributed by atoms with Crippen molar-refractivity contribution in [1.82, 2.24) is 0 Å². The number of aliphatic hydroxyl groups is 2. The van der Waals surface area contributed by atoms with E-state index in [4.69, 9.17) is 9.47 Å². The Morgan fingerprint density at radius 2 is 1.68 bits per heavy atom. The van der Waals surface area contributed by atoms with Crippen LogP contribution in [0.2, 0.25) is 0 Å². The number of carbonyl (C=O) groups is 2. The van der Waals surface area contributed by atoms with Crippen molar-refractivity contribution in [2.45, 2.75) is 91.5 Å². The second-order valence-electron chi connectivity index (χ2n) is 14.0. The van der Waals surface area contributed by atoms with E-state index in [1.165, 1.54) is 17.7 Å². The molecule has 7 atom stereocenters. The molecule has 0 aromatic heterocycles. The second-order valence-corrected chi connectivity index (χ2v) is 14.0. The lowest BCUT2D eigenvalue weighted by molar-refractivity contribution is -0.164. The number of rotatable bonds is 13. The van der Waals surface area contributed by atoms with Crippen LogP contribution in [0, 0.1) is 29.1 Å². The fourth-order valence-corrected chi connectivity index (χ4v) is 6.47. The number of ether oxygens (including phenoxy) is 2. The van der Waals surface area contributed by atoms with E-state index in [2.05, 4.69) is 32.1 Å². The molecule has 254 valence electrons. The molecule has 2 aliphatic carbocycles. The van der Waals surface area contributed by atoms with Crippen LogP contribution in [-0.4, -0.2) is 50.7 Å². The van der Waals surface area contributed by atoms with E-state index in [1.54, 1.807) is 42.5 Å². The lowest BCUT2D eigenvalue weighted by atomic mass is 9.65. The maximum absolute atomic E-state index is 13.1. The minimum atomic E-state index is -1.11. The van der Waals surface area contributed by atoms with Gasteiger partial charge in [-0.1, -0.05) is 63.3 Å². The van der Waals surface area contributed by atoms with Crippen molar-refractivity contribution in [2.24, 2.45) is 29.1 Å². The van der Waals surface area contributed by atoms with Gasteiger partial charge in [0.1, 0.15) is 23.4 Å². The number of aliphatic hydroxyl groups excluding tert-OH is 2. The summed E-state index contributed by atoms with van der Waals surface area (Å²) in [6.07, 6.45) is 10.2. The summed E-state index contributed by atoms with van der Waals surface area (Å²) in [5.41, 5.74) is 2.06. The van der Waals surface area contributed by atoms with E-state index in [1.807, 2.05) is 20.8 Å². The van der Waals surface area contributed by atoms with Gasteiger partial charge in [0, 0.05) is 12.0 Å². The Morgan fingerprint density at radius 3 is 2.38 bits per heavy atom. The van der Waals surface area contributed by atoms with Gasteiger partial charge < -0.3 is 29.9 Å². The first-order valence-electron chi connectivity index (χ1n) is 16.7. The fraction of sp³-hybridized carbons (Fsp3) is 0.487. The molecule has 0 spiro atoms. The van der Waals surface area contributed by atoms with Crippen molar-refractivity contribution < 1.29 is 39.5 Å². The molecule has 0 unspecified atom stereocenters. The van der Waals surface area contributed by atoms with E-state index in [0.717, 1.165) is 12.0 Å². The Balaban J connectivity index is 1.31. The van der Waals surface area contributed by atoms with Gasteiger partial charge in [-0.15, -0.1) is 0 Å². The standard InChI is InChI=1S/C39H50O8/c1-6-39(4,5)38(45)47-35-18-24(2)17-28-12-7-25(3)34(37(28)35)16-15-30(41)21-32(43)23-36(44)46-33-20-27(19-31(42)22-33)9-8-26-10-13-29(40)14-11-26/h7-14,17,19-20,22,24-25,30,32,34-35,37,40-43H,6,15-16,18,21,23H2,1-5H3/t24-,25-,30+,32+,34-,35-,37-/m0/s1. The zero-order valence-corrected chi connectivity index (χ0v) is 28.1. The number of aromatic hydroxyl groups is 2. The first-order valence-corrected chi connectivity index (χ1v) is 16.7. The number of carbonyl (C=O) groups excluding carboxylic acids is 2. The number of hydrogen-bond acceptors (Lipinski definition) is 8. The van der Waals surface area contributed by atoms with Gasteiger partial charge in [-0.05, 0) is 105 Å². The predicted molar refractivity (Wildman–Crippen MR) is 182 cm³/mol. The van der Waals surface area contributed by atoms with Gasteiger partial charge in [0.25, 0.3) is 0 Å². The van der Waals surface area contributed by atoms with Gasteiger partial charge in [0.2, 0.25) is 0 Å². The van der Waals surface area contributed by atoms with E-state index in [-0.39, 0.29) is 65.8 Å². The minimum absolute atomic E-state index is 0.0141. The molecule has 0 saturated heterocycles. The largest absolute Gasteiger partial charge is 0.508 e. The lowest BCUT2D eigenvalue weighted by Crippen LogP contribution is -2.43. The van der Waals surface area contributed by atoms with Crippen molar-refractivity contribution in [3.8, 4) is 17.2 Å². The molecule has 0 amide bonds. The molecular weight excluding hydrogens is 596 g/mol.